The molecule has 2 rings (SSSR count). The van der Waals surface area contributed by atoms with E-state index in [2.05, 4.69) is 70.3 Å². The van der Waals surface area contributed by atoms with Crippen molar-refractivity contribution < 1.29 is 9.16 Å². The lowest BCUT2D eigenvalue weighted by Crippen LogP contribution is -2.46. The Morgan fingerprint density at radius 1 is 1.04 bits per heavy atom. The third kappa shape index (κ3) is 6.68. The zero-order valence-corrected chi connectivity index (χ0v) is 18.5. The Labute approximate surface area is 162 Å². The molecule has 3 heteroatoms. The van der Waals surface area contributed by atoms with Gasteiger partial charge in [0.05, 0.1) is 13.2 Å². The van der Waals surface area contributed by atoms with Gasteiger partial charge < -0.3 is 9.16 Å². The summed E-state index contributed by atoms with van der Waals surface area (Å²) in [6.07, 6.45) is 11.3. The van der Waals surface area contributed by atoms with Gasteiger partial charge in [-0.2, -0.15) is 0 Å². The molecule has 1 aromatic rings. The summed E-state index contributed by atoms with van der Waals surface area (Å²) in [6, 6.07) is 10.4. The van der Waals surface area contributed by atoms with Crippen LogP contribution in [0.25, 0.3) is 0 Å². The minimum Gasteiger partial charge on any atom is -0.414 e. The molecule has 2 nitrogen and oxygen atoms in total. The van der Waals surface area contributed by atoms with Crippen LogP contribution in [0.2, 0.25) is 18.1 Å². The Morgan fingerprint density at radius 2 is 1.73 bits per heavy atom. The lowest BCUT2D eigenvalue weighted by Gasteiger charge is -2.43. The third-order valence-corrected chi connectivity index (χ3v) is 10.5. The molecule has 1 saturated carbocycles. The van der Waals surface area contributed by atoms with Gasteiger partial charge in [0.25, 0.3) is 0 Å². The van der Waals surface area contributed by atoms with Gasteiger partial charge in [-0.1, -0.05) is 76.1 Å². The fraction of sp³-hybridized carbons (Fsp3) is 0.652. The number of hydrogen-bond donors (Lipinski definition) is 0. The van der Waals surface area contributed by atoms with E-state index < -0.39 is 8.32 Å². The predicted molar refractivity (Wildman–Crippen MR) is 114 cm³/mol. The largest absolute Gasteiger partial charge is 0.414 e. The zero-order valence-electron chi connectivity index (χ0n) is 17.5. The van der Waals surface area contributed by atoms with E-state index in [0.717, 1.165) is 6.42 Å². The van der Waals surface area contributed by atoms with Crippen LogP contribution in [-0.2, 0) is 15.8 Å². The second kappa shape index (κ2) is 9.87. The highest BCUT2D eigenvalue weighted by atomic mass is 28.4. The standard InChI is InChI=1S/C23H38O2Si/c1-23(2,3)26(4,5)25-22-17-10-9-15-21(22)16-11-12-18-24-19-20-13-7-6-8-14-20/h6-8,11-14,21-22H,9-10,15-19H2,1-5H3/b12-11+/t21-,22+/m1/s1. The molecule has 0 bridgehead atoms. The van der Waals surface area contributed by atoms with Crippen LogP contribution >= 0.6 is 0 Å². The minimum atomic E-state index is -1.68. The summed E-state index contributed by atoms with van der Waals surface area (Å²) >= 11 is 0. The molecule has 0 spiro atoms. The van der Waals surface area contributed by atoms with Crippen molar-refractivity contribution in [2.45, 2.75) is 83.7 Å². The molecule has 0 radical (unpaired) electrons. The Bertz CT molecular complexity index is 545. The summed E-state index contributed by atoms with van der Waals surface area (Å²) in [4.78, 5) is 0. The van der Waals surface area contributed by atoms with Gasteiger partial charge in [-0.05, 0) is 48.9 Å². The molecule has 0 aliphatic heterocycles. The molecule has 0 heterocycles. The topological polar surface area (TPSA) is 18.5 Å². The van der Waals surface area contributed by atoms with E-state index in [0.29, 0.717) is 25.2 Å². The number of ether oxygens (including phenoxy) is 1. The molecule has 0 unspecified atom stereocenters. The molecule has 1 aromatic carbocycles. The maximum atomic E-state index is 6.77. The summed E-state index contributed by atoms with van der Waals surface area (Å²) in [5.74, 6) is 0.670. The number of allylic oxidation sites excluding steroid dienone is 1. The normalized spacial score (nSPS) is 22.0. The highest BCUT2D eigenvalue weighted by Gasteiger charge is 2.40. The molecule has 1 fully saturated rings. The van der Waals surface area contributed by atoms with Crippen molar-refractivity contribution >= 4 is 8.32 Å². The molecule has 0 amide bonds. The van der Waals surface area contributed by atoms with Crippen LogP contribution in [0.3, 0.4) is 0 Å². The predicted octanol–water partition coefficient (Wildman–Crippen LogP) is 6.73. The lowest BCUT2D eigenvalue weighted by molar-refractivity contribution is 0.0803. The molecule has 26 heavy (non-hydrogen) atoms. The fourth-order valence-corrected chi connectivity index (χ4v) is 4.73. The van der Waals surface area contributed by atoms with Crippen LogP contribution in [0.1, 0.15) is 58.4 Å². The quantitative estimate of drug-likeness (QED) is 0.285. The first-order valence-electron chi connectivity index (χ1n) is 10.2. The van der Waals surface area contributed by atoms with Gasteiger partial charge in [0.2, 0.25) is 0 Å². The van der Waals surface area contributed by atoms with Gasteiger partial charge in [0.1, 0.15) is 0 Å². The van der Waals surface area contributed by atoms with Crippen molar-refractivity contribution in [3.05, 3.63) is 48.0 Å². The van der Waals surface area contributed by atoms with E-state index in [4.69, 9.17) is 9.16 Å². The van der Waals surface area contributed by atoms with Crippen molar-refractivity contribution in [2.24, 2.45) is 5.92 Å². The molecule has 1 aliphatic rings. The first-order valence-corrected chi connectivity index (χ1v) is 13.1. The first kappa shape index (κ1) is 21.4. The maximum absolute atomic E-state index is 6.77. The molecular formula is C23H38O2Si. The van der Waals surface area contributed by atoms with Gasteiger partial charge in [-0.3, -0.25) is 0 Å². The number of rotatable bonds is 8. The Morgan fingerprint density at radius 3 is 2.42 bits per heavy atom. The average Bonchev–Trinajstić information content (AvgIpc) is 2.59. The van der Waals surface area contributed by atoms with Gasteiger partial charge >= 0.3 is 0 Å². The maximum Gasteiger partial charge on any atom is 0.192 e. The molecule has 0 saturated heterocycles. The van der Waals surface area contributed by atoms with Crippen molar-refractivity contribution in [1.29, 1.82) is 0 Å². The fourth-order valence-electron chi connectivity index (χ4n) is 3.31. The highest BCUT2D eigenvalue weighted by molar-refractivity contribution is 6.74. The summed E-state index contributed by atoms with van der Waals surface area (Å²) in [5.41, 5.74) is 1.23. The van der Waals surface area contributed by atoms with E-state index in [1.165, 1.54) is 31.2 Å². The molecule has 2 atom stereocenters. The summed E-state index contributed by atoms with van der Waals surface area (Å²) < 4.78 is 12.5. The summed E-state index contributed by atoms with van der Waals surface area (Å²) in [6.45, 7) is 13.1. The van der Waals surface area contributed by atoms with E-state index in [1.54, 1.807) is 0 Å². The van der Waals surface area contributed by atoms with Crippen LogP contribution in [0.15, 0.2) is 42.5 Å². The minimum absolute atomic E-state index is 0.288. The first-order chi connectivity index (χ1) is 12.3. The second-order valence-corrected chi connectivity index (χ2v) is 13.9. The number of benzene rings is 1. The monoisotopic (exact) mass is 374 g/mol. The van der Waals surface area contributed by atoms with Crippen LogP contribution in [-0.4, -0.2) is 21.0 Å². The molecule has 146 valence electrons. The van der Waals surface area contributed by atoms with Crippen molar-refractivity contribution in [1.82, 2.24) is 0 Å². The van der Waals surface area contributed by atoms with Crippen LogP contribution < -0.4 is 0 Å². The van der Waals surface area contributed by atoms with E-state index in [9.17, 15) is 0 Å². The summed E-state index contributed by atoms with van der Waals surface area (Å²) in [5, 5.41) is 0.288. The van der Waals surface area contributed by atoms with E-state index >= 15 is 0 Å². The zero-order chi connectivity index (χ0) is 19.0. The molecule has 0 aromatic heterocycles. The highest BCUT2D eigenvalue weighted by Crippen LogP contribution is 2.40. The smallest absolute Gasteiger partial charge is 0.192 e. The van der Waals surface area contributed by atoms with Crippen molar-refractivity contribution in [3.63, 3.8) is 0 Å². The Kier molecular flexibility index (Phi) is 8.12. The van der Waals surface area contributed by atoms with Gasteiger partial charge in [0.15, 0.2) is 8.32 Å². The Hall–Kier alpha value is -0.903. The van der Waals surface area contributed by atoms with Gasteiger partial charge in [-0.25, -0.2) is 0 Å². The van der Waals surface area contributed by atoms with E-state index in [1.807, 2.05) is 6.07 Å². The van der Waals surface area contributed by atoms with Crippen LogP contribution in [0.5, 0.6) is 0 Å². The SMILES string of the molecule is CC(C)(C)[Si](C)(C)O[C@H]1CCCC[C@@H]1C/C=C/COCc1ccccc1. The third-order valence-electron chi connectivity index (χ3n) is 6.02. The van der Waals surface area contributed by atoms with Crippen LogP contribution in [0, 0.1) is 5.92 Å². The van der Waals surface area contributed by atoms with Gasteiger partial charge in [0, 0.05) is 6.10 Å². The van der Waals surface area contributed by atoms with Crippen molar-refractivity contribution in [3.8, 4) is 0 Å². The Balaban J connectivity index is 1.77. The van der Waals surface area contributed by atoms with Gasteiger partial charge in [-0.15, -0.1) is 0 Å². The molecule has 0 N–H and O–H groups in total. The average molecular weight is 375 g/mol. The summed E-state index contributed by atoms with van der Waals surface area (Å²) in [7, 11) is -1.68. The van der Waals surface area contributed by atoms with Crippen LogP contribution in [0.4, 0.5) is 0 Å². The van der Waals surface area contributed by atoms with Crippen molar-refractivity contribution in [2.75, 3.05) is 6.61 Å². The van der Waals surface area contributed by atoms with E-state index in [-0.39, 0.29) is 5.04 Å². The molecular weight excluding hydrogens is 336 g/mol. The second-order valence-electron chi connectivity index (χ2n) is 9.17. The molecule has 1 aliphatic carbocycles. The number of hydrogen-bond acceptors (Lipinski definition) is 2. The lowest BCUT2D eigenvalue weighted by atomic mass is 9.84.